The van der Waals surface area contributed by atoms with E-state index in [4.69, 9.17) is 9.15 Å². The number of guanidine groups is 1. The van der Waals surface area contributed by atoms with Crippen molar-refractivity contribution in [3.8, 4) is 0 Å². The minimum absolute atomic E-state index is 0. The summed E-state index contributed by atoms with van der Waals surface area (Å²) in [5.41, 5.74) is 0. The van der Waals surface area contributed by atoms with Crippen LogP contribution < -0.4 is 5.32 Å². The van der Waals surface area contributed by atoms with Gasteiger partial charge in [-0.3, -0.25) is 9.79 Å². The van der Waals surface area contributed by atoms with Crippen LogP contribution in [0.15, 0.2) is 27.8 Å². The van der Waals surface area contributed by atoms with Crippen LogP contribution in [0.1, 0.15) is 18.6 Å². The van der Waals surface area contributed by atoms with Gasteiger partial charge < -0.3 is 24.3 Å². The molecule has 1 atom stereocenters. The van der Waals surface area contributed by atoms with Crippen molar-refractivity contribution in [2.45, 2.75) is 25.5 Å². The Balaban J connectivity index is 0.00000208. The molecule has 3 heterocycles. The molecule has 24 heavy (non-hydrogen) atoms. The van der Waals surface area contributed by atoms with E-state index in [9.17, 15) is 4.79 Å². The van der Waals surface area contributed by atoms with E-state index < -0.39 is 0 Å². The van der Waals surface area contributed by atoms with Gasteiger partial charge in [0.25, 0.3) is 5.91 Å². The van der Waals surface area contributed by atoms with E-state index in [-0.39, 0.29) is 36.0 Å². The third kappa shape index (κ3) is 4.62. The number of amides is 1. The first-order valence-corrected chi connectivity index (χ1v) is 8.16. The van der Waals surface area contributed by atoms with Gasteiger partial charge in [-0.05, 0) is 25.0 Å². The van der Waals surface area contributed by atoms with Crippen LogP contribution in [0.25, 0.3) is 0 Å². The Morgan fingerprint density at radius 3 is 2.67 bits per heavy atom. The molecule has 7 nitrogen and oxygen atoms in total. The van der Waals surface area contributed by atoms with E-state index >= 15 is 0 Å². The molecule has 0 radical (unpaired) electrons. The normalized spacial score (nSPS) is 21.5. The molecule has 0 aromatic carbocycles. The van der Waals surface area contributed by atoms with Gasteiger partial charge in [-0.1, -0.05) is 0 Å². The number of ether oxygens (including phenoxy) is 1. The molecule has 0 saturated carbocycles. The number of nitrogens with one attached hydrogen (secondary N) is 1. The summed E-state index contributed by atoms with van der Waals surface area (Å²) in [4.78, 5) is 20.7. The summed E-state index contributed by atoms with van der Waals surface area (Å²) in [5, 5.41) is 3.29. The number of piperazine rings is 1. The molecule has 2 aliphatic heterocycles. The molecule has 8 heteroatoms. The predicted molar refractivity (Wildman–Crippen MR) is 101 cm³/mol. The molecule has 2 saturated heterocycles. The molecule has 3 rings (SSSR count). The van der Waals surface area contributed by atoms with Crippen LogP contribution in [-0.4, -0.2) is 67.6 Å². The molecule has 2 fully saturated rings. The molecule has 1 N–H and O–H groups in total. The number of hydrogen-bond acceptors (Lipinski definition) is 4. The number of aliphatic imine (C=N–C) groups is 1. The van der Waals surface area contributed by atoms with E-state index in [0.29, 0.717) is 26.2 Å². The van der Waals surface area contributed by atoms with Crippen LogP contribution in [0.5, 0.6) is 0 Å². The van der Waals surface area contributed by atoms with Crippen molar-refractivity contribution in [2.75, 3.05) is 39.8 Å². The van der Waals surface area contributed by atoms with Crippen molar-refractivity contribution < 1.29 is 13.9 Å². The second kappa shape index (κ2) is 9.26. The highest BCUT2D eigenvalue weighted by molar-refractivity contribution is 14.0. The van der Waals surface area contributed by atoms with E-state index in [1.54, 1.807) is 13.3 Å². The summed E-state index contributed by atoms with van der Waals surface area (Å²) < 4.78 is 10.8. The molecule has 0 bridgehead atoms. The smallest absolute Gasteiger partial charge is 0.251 e. The highest BCUT2D eigenvalue weighted by Gasteiger charge is 2.30. The van der Waals surface area contributed by atoms with Gasteiger partial charge in [0.1, 0.15) is 11.9 Å². The Kier molecular flexibility index (Phi) is 7.35. The first-order chi connectivity index (χ1) is 11.3. The van der Waals surface area contributed by atoms with Crippen molar-refractivity contribution in [3.05, 3.63) is 24.2 Å². The maximum Gasteiger partial charge on any atom is 0.251 e. The molecular weight excluding hydrogens is 423 g/mol. The summed E-state index contributed by atoms with van der Waals surface area (Å²) in [6.45, 7) is 4.28. The molecule has 1 amide bonds. The zero-order valence-corrected chi connectivity index (χ0v) is 16.3. The van der Waals surface area contributed by atoms with Crippen LogP contribution in [-0.2, 0) is 16.1 Å². The highest BCUT2D eigenvalue weighted by atomic mass is 127. The SMILES string of the molecule is CN=C(NCc1ccco1)N1CCN(C(=O)C2CCCO2)CC1.I. The van der Waals surface area contributed by atoms with Gasteiger partial charge in [0.2, 0.25) is 0 Å². The van der Waals surface area contributed by atoms with E-state index in [1.165, 1.54) is 0 Å². The van der Waals surface area contributed by atoms with Crippen molar-refractivity contribution in [1.82, 2.24) is 15.1 Å². The second-order valence-corrected chi connectivity index (χ2v) is 5.79. The number of carbonyl (C=O) groups is 1. The van der Waals surface area contributed by atoms with Gasteiger partial charge >= 0.3 is 0 Å². The van der Waals surface area contributed by atoms with E-state index in [0.717, 1.165) is 37.7 Å². The lowest BCUT2D eigenvalue weighted by molar-refractivity contribution is -0.142. The Hall–Kier alpha value is -1.29. The lowest BCUT2D eigenvalue weighted by Crippen LogP contribution is -2.55. The lowest BCUT2D eigenvalue weighted by Gasteiger charge is -2.37. The summed E-state index contributed by atoms with van der Waals surface area (Å²) in [6.07, 6.45) is 3.28. The average Bonchev–Trinajstić information content (AvgIpc) is 3.29. The molecular formula is C16H25IN4O3. The minimum Gasteiger partial charge on any atom is -0.467 e. The molecule has 134 valence electrons. The summed E-state index contributed by atoms with van der Waals surface area (Å²) in [5.74, 6) is 1.85. The Bertz CT molecular complexity index is 536. The van der Waals surface area contributed by atoms with Crippen LogP contribution >= 0.6 is 24.0 Å². The molecule has 0 aliphatic carbocycles. The molecule has 1 unspecified atom stereocenters. The maximum atomic E-state index is 12.4. The monoisotopic (exact) mass is 448 g/mol. The summed E-state index contributed by atoms with van der Waals surface area (Å²) in [6, 6.07) is 3.80. The molecule has 0 spiro atoms. The number of carbonyl (C=O) groups excluding carboxylic acids is 1. The van der Waals surface area contributed by atoms with Crippen LogP contribution in [0, 0.1) is 0 Å². The van der Waals surface area contributed by atoms with Gasteiger partial charge in [0.05, 0.1) is 12.8 Å². The number of furan rings is 1. The average molecular weight is 448 g/mol. The van der Waals surface area contributed by atoms with Crippen LogP contribution in [0.2, 0.25) is 0 Å². The fourth-order valence-corrected chi connectivity index (χ4v) is 3.03. The molecule has 1 aromatic heterocycles. The zero-order chi connectivity index (χ0) is 16.1. The van der Waals surface area contributed by atoms with Crippen molar-refractivity contribution in [2.24, 2.45) is 4.99 Å². The largest absolute Gasteiger partial charge is 0.467 e. The van der Waals surface area contributed by atoms with E-state index in [1.807, 2.05) is 17.0 Å². The van der Waals surface area contributed by atoms with Gasteiger partial charge in [-0.2, -0.15) is 0 Å². The van der Waals surface area contributed by atoms with Crippen LogP contribution in [0.4, 0.5) is 0 Å². The summed E-state index contributed by atoms with van der Waals surface area (Å²) in [7, 11) is 1.77. The maximum absolute atomic E-state index is 12.4. The molecule has 1 aromatic rings. The number of rotatable bonds is 3. The predicted octanol–water partition coefficient (Wildman–Crippen LogP) is 1.30. The minimum atomic E-state index is -0.224. The number of nitrogens with zero attached hydrogens (tertiary/aromatic N) is 3. The zero-order valence-electron chi connectivity index (χ0n) is 13.9. The molecule has 2 aliphatic rings. The van der Waals surface area contributed by atoms with Crippen molar-refractivity contribution in [1.29, 1.82) is 0 Å². The second-order valence-electron chi connectivity index (χ2n) is 5.79. The van der Waals surface area contributed by atoms with Crippen molar-refractivity contribution >= 4 is 35.8 Å². The first-order valence-electron chi connectivity index (χ1n) is 8.16. The quantitative estimate of drug-likeness (QED) is 0.429. The summed E-state index contributed by atoms with van der Waals surface area (Å²) >= 11 is 0. The van der Waals surface area contributed by atoms with Gasteiger partial charge in [0.15, 0.2) is 5.96 Å². The fraction of sp³-hybridized carbons (Fsp3) is 0.625. The van der Waals surface area contributed by atoms with Gasteiger partial charge in [-0.15, -0.1) is 24.0 Å². The fourth-order valence-electron chi connectivity index (χ4n) is 3.03. The topological polar surface area (TPSA) is 70.3 Å². The van der Waals surface area contributed by atoms with Gasteiger partial charge in [-0.25, -0.2) is 0 Å². The Morgan fingerprint density at radius 2 is 2.08 bits per heavy atom. The van der Waals surface area contributed by atoms with E-state index in [2.05, 4.69) is 15.2 Å². The lowest BCUT2D eigenvalue weighted by atomic mass is 10.2. The first kappa shape index (κ1) is 19.0. The third-order valence-corrected chi connectivity index (χ3v) is 4.31. The van der Waals surface area contributed by atoms with Gasteiger partial charge in [0, 0.05) is 39.8 Å². The Labute approximate surface area is 159 Å². The number of hydrogen-bond donors (Lipinski definition) is 1. The van der Waals surface area contributed by atoms with Crippen LogP contribution in [0.3, 0.4) is 0 Å². The standard InChI is InChI=1S/C16H24N4O3.HI/c1-17-16(18-12-13-4-2-10-22-13)20-8-6-19(7-9-20)15(21)14-5-3-11-23-14;/h2,4,10,14H,3,5-9,11-12H2,1H3,(H,17,18);1H. The third-order valence-electron chi connectivity index (χ3n) is 4.31. The van der Waals surface area contributed by atoms with Crippen molar-refractivity contribution in [3.63, 3.8) is 0 Å². The number of halogens is 1. The Morgan fingerprint density at radius 1 is 1.33 bits per heavy atom. The highest BCUT2D eigenvalue weighted by Crippen LogP contribution is 2.16.